The Morgan fingerprint density at radius 2 is 1.52 bits per heavy atom. The largest absolute Gasteiger partial charge is 0.490 e. The highest BCUT2D eigenvalue weighted by Crippen LogP contribution is 2.25. The molecule has 0 amide bonds. The number of carboxylic acid groups (broad SMARTS) is 2. The van der Waals surface area contributed by atoms with E-state index in [9.17, 15) is 26.3 Å². The lowest BCUT2D eigenvalue weighted by atomic mass is 9.98. The lowest BCUT2D eigenvalue weighted by molar-refractivity contribution is -0.193. The molecular weight excluding hydrogens is 558 g/mol. The SMILES string of the molecule is NCc1cn(CC2CCCN(c3cc(N4CCOCC4)ncn3)C2)nn1.O=C(O)C(F)(F)F.O=C(O)C(F)(F)F. The number of hydrogen-bond donors (Lipinski definition) is 3. The Hall–Kier alpha value is -3.74. The molecule has 2 aliphatic heterocycles. The van der Waals surface area contributed by atoms with Gasteiger partial charge in [0.15, 0.2) is 0 Å². The Labute approximate surface area is 223 Å². The Kier molecular flexibility index (Phi) is 11.8. The van der Waals surface area contributed by atoms with Gasteiger partial charge in [-0.2, -0.15) is 26.3 Å². The number of rotatable bonds is 5. The molecule has 4 rings (SSSR count). The molecule has 2 aromatic heterocycles. The number of ether oxygens (including phenoxy) is 1. The summed E-state index contributed by atoms with van der Waals surface area (Å²) in [6, 6.07) is 2.11. The predicted octanol–water partition coefficient (Wildman–Crippen LogP) is 1.55. The molecule has 40 heavy (non-hydrogen) atoms. The maximum atomic E-state index is 10.6. The number of aromatic nitrogens is 5. The molecule has 0 radical (unpaired) electrons. The van der Waals surface area contributed by atoms with E-state index in [1.54, 1.807) is 6.33 Å². The molecule has 2 aliphatic rings. The van der Waals surface area contributed by atoms with E-state index in [-0.39, 0.29) is 0 Å². The van der Waals surface area contributed by atoms with Crippen LogP contribution in [-0.2, 0) is 27.4 Å². The zero-order chi connectivity index (χ0) is 29.9. The minimum absolute atomic E-state index is 0.433. The summed E-state index contributed by atoms with van der Waals surface area (Å²) >= 11 is 0. The van der Waals surface area contributed by atoms with Crippen LogP contribution in [0.25, 0.3) is 0 Å². The zero-order valence-corrected chi connectivity index (χ0v) is 21.0. The van der Waals surface area contributed by atoms with Gasteiger partial charge in [0.1, 0.15) is 18.0 Å². The quantitative estimate of drug-likeness (QED) is 0.432. The average Bonchev–Trinajstić information content (AvgIpc) is 3.36. The van der Waals surface area contributed by atoms with Crippen LogP contribution in [0.15, 0.2) is 18.6 Å². The molecular formula is C21H28F6N8O5. The fraction of sp³-hybridized carbons (Fsp3) is 0.619. The van der Waals surface area contributed by atoms with Gasteiger partial charge in [-0.05, 0) is 18.8 Å². The van der Waals surface area contributed by atoms with E-state index in [0.29, 0.717) is 12.5 Å². The van der Waals surface area contributed by atoms with Crippen molar-refractivity contribution in [2.24, 2.45) is 11.7 Å². The molecule has 13 nitrogen and oxygen atoms in total. The van der Waals surface area contributed by atoms with Crippen LogP contribution in [-0.4, -0.2) is 98.9 Å². The highest BCUT2D eigenvalue weighted by Gasteiger charge is 2.38. The van der Waals surface area contributed by atoms with Crippen LogP contribution in [0.4, 0.5) is 38.0 Å². The number of hydrogen-bond acceptors (Lipinski definition) is 10. The third-order valence-electron chi connectivity index (χ3n) is 5.54. The first-order valence-electron chi connectivity index (χ1n) is 11.8. The van der Waals surface area contributed by atoms with Crippen LogP contribution in [0.1, 0.15) is 18.5 Å². The van der Waals surface area contributed by atoms with Crippen LogP contribution in [0.5, 0.6) is 0 Å². The molecule has 19 heteroatoms. The van der Waals surface area contributed by atoms with E-state index in [0.717, 1.165) is 69.7 Å². The number of alkyl halides is 6. The normalized spacial score (nSPS) is 17.7. The third kappa shape index (κ3) is 10.8. The second-order valence-electron chi connectivity index (χ2n) is 8.53. The first-order valence-corrected chi connectivity index (χ1v) is 11.8. The van der Waals surface area contributed by atoms with E-state index in [4.69, 9.17) is 30.3 Å². The lowest BCUT2D eigenvalue weighted by Crippen LogP contribution is -2.39. The van der Waals surface area contributed by atoms with E-state index in [1.165, 1.54) is 6.42 Å². The summed E-state index contributed by atoms with van der Waals surface area (Å²) in [6.45, 7) is 6.58. The smallest absolute Gasteiger partial charge is 0.475 e. The number of anilines is 2. The van der Waals surface area contributed by atoms with Gasteiger partial charge < -0.3 is 30.5 Å². The number of carboxylic acids is 2. The topological polar surface area (TPSA) is 173 Å². The Morgan fingerprint density at radius 1 is 0.975 bits per heavy atom. The standard InChI is InChI=1S/C17H26N8O.2C2HF3O2/c18-9-15-12-25(22-21-15)11-14-2-1-3-24(10-14)17-8-16(19-13-20-17)23-4-6-26-7-5-23;2*3-2(4,5)1(6)7/h8,12-14H,1-7,9-11,18H2;2*(H,6,7). The summed E-state index contributed by atoms with van der Waals surface area (Å²) in [7, 11) is 0. The number of nitrogens with zero attached hydrogens (tertiary/aromatic N) is 7. The molecule has 0 aliphatic carbocycles. The van der Waals surface area contributed by atoms with Crippen LogP contribution in [0, 0.1) is 5.92 Å². The van der Waals surface area contributed by atoms with Crippen molar-refractivity contribution in [3.8, 4) is 0 Å². The number of aliphatic carboxylic acids is 2. The highest BCUT2D eigenvalue weighted by atomic mass is 19.4. The molecule has 0 bridgehead atoms. The Balaban J connectivity index is 0.000000333. The fourth-order valence-electron chi connectivity index (χ4n) is 3.68. The molecule has 1 unspecified atom stereocenters. The fourth-order valence-corrected chi connectivity index (χ4v) is 3.68. The van der Waals surface area contributed by atoms with Gasteiger partial charge >= 0.3 is 24.3 Å². The van der Waals surface area contributed by atoms with Crippen LogP contribution in [0.3, 0.4) is 0 Å². The Morgan fingerprint density at radius 3 is 2.02 bits per heavy atom. The molecule has 1 atom stereocenters. The molecule has 2 saturated heterocycles. The first-order chi connectivity index (χ1) is 18.7. The van der Waals surface area contributed by atoms with Crippen molar-refractivity contribution < 1.29 is 50.9 Å². The minimum atomic E-state index is -5.08. The van der Waals surface area contributed by atoms with Gasteiger partial charge in [-0.3, -0.25) is 4.68 Å². The number of carbonyl (C=O) groups is 2. The molecule has 4 N–H and O–H groups in total. The van der Waals surface area contributed by atoms with Crippen molar-refractivity contribution in [1.29, 1.82) is 0 Å². The maximum Gasteiger partial charge on any atom is 0.490 e. The molecule has 4 heterocycles. The highest BCUT2D eigenvalue weighted by molar-refractivity contribution is 5.73. The number of nitrogens with two attached hydrogens (primary N) is 1. The second kappa shape index (κ2) is 14.6. The van der Waals surface area contributed by atoms with Crippen molar-refractivity contribution >= 4 is 23.6 Å². The Bertz CT molecular complexity index is 1070. The van der Waals surface area contributed by atoms with Gasteiger partial charge in [0, 0.05) is 51.5 Å². The van der Waals surface area contributed by atoms with Crippen molar-refractivity contribution in [2.75, 3.05) is 49.2 Å². The van der Waals surface area contributed by atoms with E-state index in [1.807, 2.05) is 10.9 Å². The number of morpholine rings is 1. The second-order valence-corrected chi connectivity index (χ2v) is 8.53. The molecule has 2 fully saturated rings. The number of piperidine rings is 1. The van der Waals surface area contributed by atoms with Crippen molar-refractivity contribution in [1.82, 2.24) is 25.0 Å². The molecule has 2 aromatic rings. The first kappa shape index (κ1) is 32.5. The summed E-state index contributed by atoms with van der Waals surface area (Å²) in [5, 5.41) is 22.5. The van der Waals surface area contributed by atoms with Crippen LogP contribution in [0.2, 0.25) is 0 Å². The summed E-state index contributed by atoms with van der Waals surface area (Å²) in [5.74, 6) is -2.99. The van der Waals surface area contributed by atoms with Gasteiger partial charge in [0.2, 0.25) is 0 Å². The zero-order valence-electron chi connectivity index (χ0n) is 21.0. The summed E-state index contributed by atoms with van der Waals surface area (Å²) in [4.78, 5) is 31.4. The van der Waals surface area contributed by atoms with Gasteiger partial charge in [-0.1, -0.05) is 5.21 Å². The van der Waals surface area contributed by atoms with E-state index >= 15 is 0 Å². The molecule has 0 saturated carbocycles. The third-order valence-corrected chi connectivity index (χ3v) is 5.54. The van der Waals surface area contributed by atoms with Crippen LogP contribution >= 0.6 is 0 Å². The van der Waals surface area contributed by atoms with Gasteiger partial charge in [-0.25, -0.2) is 19.6 Å². The van der Waals surface area contributed by atoms with Crippen LogP contribution < -0.4 is 15.5 Å². The monoisotopic (exact) mass is 586 g/mol. The van der Waals surface area contributed by atoms with Gasteiger partial charge in [-0.15, -0.1) is 5.10 Å². The van der Waals surface area contributed by atoms with Crippen molar-refractivity contribution in [2.45, 2.75) is 38.3 Å². The lowest BCUT2D eigenvalue weighted by Gasteiger charge is -2.34. The predicted molar refractivity (Wildman–Crippen MR) is 125 cm³/mol. The van der Waals surface area contributed by atoms with Crippen molar-refractivity contribution in [3.05, 3.63) is 24.3 Å². The molecule has 0 spiro atoms. The van der Waals surface area contributed by atoms with Gasteiger partial charge in [0.25, 0.3) is 0 Å². The number of halogens is 6. The molecule has 224 valence electrons. The summed E-state index contributed by atoms with van der Waals surface area (Å²) in [5.41, 5.74) is 6.46. The average molecular weight is 586 g/mol. The van der Waals surface area contributed by atoms with E-state index in [2.05, 4.69) is 36.1 Å². The summed E-state index contributed by atoms with van der Waals surface area (Å²) in [6.07, 6.45) is -4.20. The van der Waals surface area contributed by atoms with E-state index < -0.39 is 24.3 Å². The van der Waals surface area contributed by atoms with Gasteiger partial charge in [0.05, 0.1) is 18.9 Å². The maximum absolute atomic E-state index is 10.6. The van der Waals surface area contributed by atoms with Crippen molar-refractivity contribution in [3.63, 3.8) is 0 Å². The molecule has 0 aromatic carbocycles. The minimum Gasteiger partial charge on any atom is -0.475 e. The summed E-state index contributed by atoms with van der Waals surface area (Å²) < 4.78 is 70.8.